The van der Waals surface area contributed by atoms with Crippen LogP contribution >= 0.6 is 11.6 Å². The van der Waals surface area contributed by atoms with Crippen molar-refractivity contribution in [3.05, 3.63) is 47.4 Å². The molecule has 1 heterocycles. The van der Waals surface area contributed by atoms with Crippen LogP contribution < -0.4 is 10.1 Å². The zero-order valence-electron chi connectivity index (χ0n) is 10.1. The van der Waals surface area contributed by atoms with Crippen molar-refractivity contribution in [2.75, 3.05) is 11.9 Å². The number of nitrogens with zero attached hydrogens (tertiary/aromatic N) is 2. The first-order valence-corrected chi connectivity index (χ1v) is 6.08. The Labute approximate surface area is 111 Å². The van der Waals surface area contributed by atoms with E-state index in [4.69, 9.17) is 16.3 Å². The monoisotopic (exact) mass is 263 g/mol. The fourth-order valence-corrected chi connectivity index (χ4v) is 1.71. The van der Waals surface area contributed by atoms with Crippen LogP contribution in [0, 0.1) is 0 Å². The Morgan fingerprint density at radius 1 is 1.39 bits per heavy atom. The number of rotatable bonds is 5. The van der Waals surface area contributed by atoms with E-state index in [1.807, 2.05) is 31.2 Å². The van der Waals surface area contributed by atoms with E-state index in [9.17, 15) is 0 Å². The summed E-state index contributed by atoms with van der Waals surface area (Å²) in [5.41, 5.74) is 1.11. The lowest BCUT2D eigenvalue weighted by Crippen LogP contribution is -2.02. The third kappa shape index (κ3) is 3.34. The lowest BCUT2D eigenvalue weighted by Gasteiger charge is -2.08. The number of hydrogen-bond acceptors (Lipinski definition) is 4. The van der Waals surface area contributed by atoms with E-state index >= 15 is 0 Å². The smallest absolute Gasteiger partial charge is 0.148 e. The number of hydrogen-bond donors (Lipinski definition) is 1. The summed E-state index contributed by atoms with van der Waals surface area (Å²) >= 11 is 5.96. The van der Waals surface area contributed by atoms with E-state index in [1.165, 1.54) is 6.33 Å². The van der Waals surface area contributed by atoms with Gasteiger partial charge in [-0.15, -0.1) is 0 Å². The molecule has 0 aliphatic rings. The summed E-state index contributed by atoms with van der Waals surface area (Å²) in [6.45, 7) is 3.26. The minimum atomic E-state index is 0.512. The standard InChI is InChI=1S/C13H14ClN3O/c1-2-18-11-5-3-4-10(6-11)7-16-13-12(14)8-15-9-17-13/h3-6,8-9H,2,7H2,1H3,(H,15,16,17). The Balaban J connectivity index is 2.02. The largest absolute Gasteiger partial charge is 0.494 e. The molecule has 18 heavy (non-hydrogen) atoms. The van der Waals surface area contributed by atoms with E-state index in [1.54, 1.807) is 6.20 Å². The van der Waals surface area contributed by atoms with Crippen molar-refractivity contribution >= 4 is 17.4 Å². The van der Waals surface area contributed by atoms with Gasteiger partial charge >= 0.3 is 0 Å². The van der Waals surface area contributed by atoms with Crippen LogP contribution in [0.2, 0.25) is 5.02 Å². The van der Waals surface area contributed by atoms with Crippen molar-refractivity contribution in [2.24, 2.45) is 0 Å². The lowest BCUT2D eigenvalue weighted by molar-refractivity contribution is 0.340. The highest BCUT2D eigenvalue weighted by atomic mass is 35.5. The summed E-state index contributed by atoms with van der Waals surface area (Å²) in [7, 11) is 0. The Morgan fingerprint density at radius 2 is 2.28 bits per heavy atom. The average molecular weight is 264 g/mol. The molecule has 0 amide bonds. The molecule has 2 aromatic rings. The van der Waals surface area contributed by atoms with Crippen molar-refractivity contribution in [1.82, 2.24) is 9.97 Å². The van der Waals surface area contributed by atoms with E-state index in [2.05, 4.69) is 15.3 Å². The van der Waals surface area contributed by atoms with Crippen LogP contribution in [0.4, 0.5) is 5.82 Å². The van der Waals surface area contributed by atoms with Crippen molar-refractivity contribution in [2.45, 2.75) is 13.5 Å². The molecule has 1 aromatic heterocycles. The van der Waals surface area contributed by atoms with Gasteiger partial charge in [0.05, 0.1) is 12.8 Å². The van der Waals surface area contributed by atoms with Crippen LogP contribution in [0.1, 0.15) is 12.5 Å². The van der Waals surface area contributed by atoms with Gasteiger partial charge in [0.2, 0.25) is 0 Å². The summed E-state index contributed by atoms with van der Waals surface area (Å²) in [4.78, 5) is 7.90. The van der Waals surface area contributed by atoms with Gasteiger partial charge in [-0.3, -0.25) is 0 Å². The number of ether oxygens (including phenoxy) is 1. The molecule has 0 aliphatic carbocycles. The molecule has 4 nitrogen and oxygen atoms in total. The third-order valence-electron chi connectivity index (χ3n) is 2.34. The predicted molar refractivity (Wildman–Crippen MR) is 72.0 cm³/mol. The van der Waals surface area contributed by atoms with Gasteiger partial charge in [-0.2, -0.15) is 0 Å². The first-order valence-electron chi connectivity index (χ1n) is 5.70. The van der Waals surface area contributed by atoms with Crippen molar-refractivity contribution < 1.29 is 4.74 Å². The Morgan fingerprint density at radius 3 is 3.06 bits per heavy atom. The zero-order valence-corrected chi connectivity index (χ0v) is 10.8. The fraction of sp³-hybridized carbons (Fsp3) is 0.231. The first-order chi connectivity index (χ1) is 8.79. The minimum absolute atomic E-state index is 0.512. The van der Waals surface area contributed by atoms with E-state index in [0.717, 1.165) is 11.3 Å². The highest BCUT2D eigenvalue weighted by molar-refractivity contribution is 6.32. The van der Waals surface area contributed by atoms with Gasteiger partial charge in [0.15, 0.2) is 0 Å². The third-order valence-corrected chi connectivity index (χ3v) is 2.61. The molecule has 0 fully saturated rings. The second-order valence-corrected chi connectivity index (χ2v) is 4.06. The quantitative estimate of drug-likeness (QED) is 0.900. The molecule has 0 spiro atoms. The molecule has 0 saturated heterocycles. The Hall–Kier alpha value is -1.81. The van der Waals surface area contributed by atoms with Gasteiger partial charge in [-0.05, 0) is 24.6 Å². The minimum Gasteiger partial charge on any atom is -0.494 e. The number of nitrogens with one attached hydrogen (secondary N) is 1. The highest BCUT2D eigenvalue weighted by Gasteiger charge is 2.01. The topological polar surface area (TPSA) is 47.0 Å². The maximum Gasteiger partial charge on any atom is 0.148 e. The van der Waals surface area contributed by atoms with E-state index in [-0.39, 0.29) is 0 Å². The molecule has 0 radical (unpaired) electrons. The van der Waals surface area contributed by atoms with Crippen LogP contribution in [-0.2, 0) is 6.54 Å². The molecule has 0 bridgehead atoms. The molecular weight excluding hydrogens is 250 g/mol. The maximum atomic E-state index is 5.96. The van der Waals surface area contributed by atoms with Crippen LogP contribution in [0.3, 0.4) is 0 Å². The van der Waals surface area contributed by atoms with Gasteiger partial charge in [-0.1, -0.05) is 23.7 Å². The molecule has 1 aromatic carbocycles. The summed E-state index contributed by atoms with van der Waals surface area (Å²) in [6.07, 6.45) is 3.03. The second kappa shape index (κ2) is 6.21. The van der Waals surface area contributed by atoms with E-state index in [0.29, 0.717) is 24.0 Å². The van der Waals surface area contributed by atoms with Gasteiger partial charge in [0, 0.05) is 6.54 Å². The molecule has 0 saturated carbocycles. The predicted octanol–water partition coefficient (Wildman–Crippen LogP) is 3.14. The summed E-state index contributed by atoms with van der Waals surface area (Å²) in [5.74, 6) is 1.50. The molecule has 0 atom stereocenters. The number of aromatic nitrogens is 2. The van der Waals surface area contributed by atoms with Crippen LogP contribution in [0.5, 0.6) is 5.75 Å². The molecule has 0 aliphatic heterocycles. The molecular formula is C13H14ClN3O. The number of halogens is 1. The van der Waals surface area contributed by atoms with Crippen LogP contribution in [0.15, 0.2) is 36.8 Å². The summed E-state index contributed by atoms with van der Waals surface area (Å²) in [6, 6.07) is 7.91. The number of benzene rings is 1. The van der Waals surface area contributed by atoms with Gasteiger partial charge < -0.3 is 10.1 Å². The summed E-state index contributed by atoms with van der Waals surface area (Å²) < 4.78 is 5.44. The SMILES string of the molecule is CCOc1cccc(CNc2ncncc2Cl)c1. The van der Waals surface area contributed by atoms with Gasteiger partial charge in [0.1, 0.15) is 22.9 Å². The van der Waals surface area contributed by atoms with E-state index < -0.39 is 0 Å². The molecule has 94 valence electrons. The Kier molecular flexibility index (Phi) is 4.36. The zero-order chi connectivity index (χ0) is 12.8. The van der Waals surface area contributed by atoms with Crippen LogP contribution in [0.25, 0.3) is 0 Å². The lowest BCUT2D eigenvalue weighted by atomic mass is 10.2. The van der Waals surface area contributed by atoms with Gasteiger partial charge in [-0.25, -0.2) is 9.97 Å². The van der Waals surface area contributed by atoms with Crippen molar-refractivity contribution in [3.8, 4) is 5.75 Å². The van der Waals surface area contributed by atoms with Gasteiger partial charge in [0.25, 0.3) is 0 Å². The average Bonchev–Trinajstić information content (AvgIpc) is 2.39. The molecule has 2 rings (SSSR count). The molecule has 0 unspecified atom stereocenters. The Bertz CT molecular complexity index is 519. The van der Waals surface area contributed by atoms with Crippen molar-refractivity contribution in [3.63, 3.8) is 0 Å². The fourth-order valence-electron chi connectivity index (χ4n) is 1.54. The van der Waals surface area contributed by atoms with Crippen LogP contribution in [-0.4, -0.2) is 16.6 Å². The normalized spacial score (nSPS) is 10.1. The maximum absolute atomic E-state index is 5.96. The number of anilines is 1. The second-order valence-electron chi connectivity index (χ2n) is 3.65. The van der Waals surface area contributed by atoms with Crippen molar-refractivity contribution in [1.29, 1.82) is 0 Å². The first kappa shape index (κ1) is 12.6. The molecule has 5 heteroatoms. The molecule has 1 N–H and O–H groups in total. The summed E-state index contributed by atoms with van der Waals surface area (Å²) in [5, 5.41) is 3.67. The highest BCUT2D eigenvalue weighted by Crippen LogP contribution is 2.18.